The highest BCUT2D eigenvalue weighted by atomic mass is 35.5. The number of likely N-dealkylation sites (N-methyl/N-ethyl adjacent to an activating group) is 1. The highest BCUT2D eigenvalue weighted by Gasteiger charge is 2.16. The van der Waals surface area contributed by atoms with Crippen molar-refractivity contribution >= 4 is 23.2 Å². The number of rotatable bonds is 7. The lowest BCUT2D eigenvalue weighted by atomic mass is 10.2. The number of hydrogen-bond acceptors (Lipinski definition) is 5. The summed E-state index contributed by atoms with van der Waals surface area (Å²) < 4.78 is 10.4. The van der Waals surface area contributed by atoms with Gasteiger partial charge in [0.2, 0.25) is 5.82 Å². The molecule has 0 bridgehead atoms. The predicted octanol–water partition coefficient (Wildman–Crippen LogP) is 2.05. The Hall–Kier alpha value is -2.90. The van der Waals surface area contributed by atoms with Crippen LogP contribution in [-0.2, 0) is 11.3 Å². The molecule has 140 valence electrons. The lowest BCUT2D eigenvalue weighted by molar-refractivity contribution is -0.886. The van der Waals surface area contributed by atoms with Crippen molar-refractivity contribution in [2.45, 2.75) is 6.54 Å². The van der Waals surface area contributed by atoms with E-state index in [0.29, 0.717) is 34.7 Å². The van der Waals surface area contributed by atoms with Gasteiger partial charge in [0.05, 0.1) is 14.2 Å². The Kier molecular flexibility index (Phi) is 6.05. The number of aromatic nitrogens is 2. The zero-order valence-corrected chi connectivity index (χ0v) is 15.8. The van der Waals surface area contributed by atoms with Crippen LogP contribution < -0.4 is 15.0 Å². The predicted molar refractivity (Wildman–Crippen MR) is 102 cm³/mol. The number of carbonyl (C=O) groups is 1. The largest absolute Gasteiger partial charge is 0.497 e. The van der Waals surface area contributed by atoms with E-state index < -0.39 is 0 Å². The Morgan fingerprint density at radius 2 is 2.04 bits per heavy atom. The van der Waals surface area contributed by atoms with Crippen LogP contribution in [0.4, 0.5) is 5.69 Å². The molecule has 27 heavy (non-hydrogen) atoms. The Balaban J connectivity index is 1.55. The van der Waals surface area contributed by atoms with E-state index in [2.05, 4.69) is 15.5 Å². The summed E-state index contributed by atoms with van der Waals surface area (Å²) in [6.07, 6.45) is 0. The van der Waals surface area contributed by atoms with Crippen LogP contribution in [0.3, 0.4) is 0 Å². The standard InChI is InChI=1S/C19H19ClN4O3/c1-24(11-17(25)21-15-4-3-5-16(10-15)26-2)12-18-22-19(23-27-18)13-6-8-14(20)9-7-13/h3-10H,11-12H2,1-2H3,(H,21,25)/p+1. The van der Waals surface area contributed by atoms with Gasteiger partial charge in [-0.25, -0.2) is 0 Å². The molecule has 1 unspecified atom stereocenters. The van der Waals surface area contributed by atoms with Gasteiger partial charge in [0.15, 0.2) is 13.1 Å². The molecule has 1 amide bonds. The van der Waals surface area contributed by atoms with E-state index in [4.69, 9.17) is 20.9 Å². The van der Waals surface area contributed by atoms with E-state index in [1.54, 1.807) is 25.3 Å². The van der Waals surface area contributed by atoms with Gasteiger partial charge >= 0.3 is 0 Å². The number of nitrogens with zero attached hydrogens (tertiary/aromatic N) is 2. The van der Waals surface area contributed by atoms with Crippen LogP contribution in [0.5, 0.6) is 5.75 Å². The van der Waals surface area contributed by atoms with Gasteiger partial charge in [0.1, 0.15) is 5.75 Å². The van der Waals surface area contributed by atoms with E-state index in [0.717, 1.165) is 10.5 Å². The minimum Gasteiger partial charge on any atom is -0.497 e. The fourth-order valence-electron chi connectivity index (χ4n) is 2.54. The summed E-state index contributed by atoms with van der Waals surface area (Å²) in [6, 6.07) is 14.4. The van der Waals surface area contributed by atoms with E-state index in [-0.39, 0.29) is 12.5 Å². The average molecular weight is 388 g/mol. The molecular weight excluding hydrogens is 368 g/mol. The Bertz CT molecular complexity index is 911. The number of benzene rings is 2. The number of carbonyl (C=O) groups excluding carboxylic acids is 1. The topological polar surface area (TPSA) is 81.7 Å². The van der Waals surface area contributed by atoms with E-state index >= 15 is 0 Å². The van der Waals surface area contributed by atoms with Crippen LogP contribution >= 0.6 is 11.6 Å². The first-order chi connectivity index (χ1) is 13.0. The molecule has 7 nitrogen and oxygen atoms in total. The van der Waals surface area contributed by atoms with Gasteiger partial charge in [-0.1, -0.05) is 22.8 Å². The molecule has 0 aliphatic heterocycles. The quantitative estimate of drug-likeness (QED) is 0.648. The fourth-order valence-corrected chi connectivity index (χ4v) is 2.67. The zero-order valence-electron chi connectivity index (χ0n) is 15.0. The number of methoxy groups -OCH3 is 1. The Morgan fingerprint density at radius 3 is 2.78 bits per heavy atom. The minimum absolute atomic E-state index is 0.113. The second-order valence-corrected chi connectivity index (χ2v) is 6.55. The van der Waals surface area contributed by atoms with Crippen molar-refractivity contribution in [2.24, 2.45) is 0 Å². The van der Waals surface area contributed by atoms with Crippen LogP contribution in [-0.4, -0.2) is 36.8 Å². The van der Waals surface area contributed by atoms with Gasteiger partial charge in [0.25, 0.3) is 11.8 Å². The second kappa shape index (κ2) is 8.66. The molecule has 1 heterocycles. The third kappa shape index (κ3) is 5.29. The number of anilines is 1. The first-order valence-corrected chi connectivity index (χ1v) is 8.75. The fraction of sp³-hybridized carbons (Fsp3) is 0.211. The van der Waals surface area contributed by atoms with Crippen LogP contribution in [0.1, 0.15) is 5.89 Å². The van der Waals surface area contributed by atoms with Crippen molar-refractivity contribution in [2.75, 3.05) is 26.0 Å². The molecule has 2 aromatic carbocycles. The highest BCUT2D eigenvalue weighted by Crippen LogP contribution is 2.18. The first-order valence-electron chi connectivity index (χ1n) is 8.37. The molecule has 8 heteroatoms. The summed E-state index contributed by atoms with van der Waals surface area (Å²) in [4.78, 5) is 17.5. The summed E-state index contributed by atoms with van der Waals surface area (Å²) in [5.74, 6) is 1.54. The highest BCUT2D eigenvalue weighted by molar-refractivity contribution is 6.30. The number of hydrogen-bond donors (Lipinski definition) is 2. The molecule has 1 aromatic heterocycles. The molecule has 3 rings (SSSR count). The molecule has 2 N–H and O–H groups in total. The van der Waals surface area contributed by atoms with E-state index in [9.17, 15) is 4.79 Å². The smallest absolute Gasteiger partial charge is 0.282 e. The van der Waals surface area contributed by atoms with Crippen molar-refractivity contribution in [1.82, 2.24) is 10.1 Å². The van der Waals surface area contributed by atoms with Crippen molar-refractivity contribution in [3.63, 3.8) is 0 Å². The van der Waals surface area contributed by atoms with Gasteiger partial charge < -0.3 is 19.5 Å². The van der Waals surface area contributed by atoms with Crippen molar-refractivity contribution in [1.29, 1.82) is 0 Å². The number of amides is 1. The summed E-state index contributed by atoms with van der Waals surface area (Å²) in [5.41, 5.74) is 1.51. The molecule has 0 saturated heterocycles. The summed E-state index contributed by atoms with van der Waals surface area (Å²) in [7, 11) is 3.47. The normalized spacial score (nSPS) is 11.8. The maximum absolute atomic E-state index is 12.2. The van der Waals surface area contributed by atoms with Crippen LogP contribution in [0, 0.1) is 0 Å². The average Bonchev–Trinajstić information content (AvgIpc) is 3.10. The minimum atomic E-state index is -0.113. The summed E-state index contributed by atoms with van der Waals surface area (Å²) in [6.45, 7) is 0.696. The van der Waals surface area contributed by atoms with Crippen LogP contribution in [0.2, 0.25) is 5.02 Å². The Labute approximate surface area is 161 Å². The molecule has 0 radical (unpaired) electrons. The number of halogens is 1. The third-order valence-electron chi connectivity index (χ3n) is 3.84. The molecule has 0 saturated carbocycles. The third-order valence-corrected chi connectivity index (χ3v) is 4.09. The SMILES string of the molecule is COc1cccc(NC(=O)C[NH+](C)Cc2nc(-c3ccc(Cl)cc3)no2)c1. The van der Waals surface area contributed by atoms with Crippen molar-refractivity contribution < 1.29 is 19.0 Å². The summed E-state index contributed by atoms with van der Waals surface area (Å²) in [5, 5.41) is 7.48. The lowest BCUT2D eigenvalue weighted by Gasteiger charge is -2.12. The molecule has 1 atom stereocenters. The zero-order chi connectivity index (χ0) is 19.2. The van der Waals surface area contributed by atoms with Crippen molar-refractivity contribution in [3.05, 3.63) is 59.4 Å². The number of ether oxygens (including phenoxy) is 1. The van der Waals surface area contributed by atoms with Gasteiger partial charge in [-0.3, -0.25) is 4.79 Å². The van der Waals surface area contributed by atoms with E-state index in [1.807, 2.05) is 37.4 Å². The molecular formula is C19H20ClN4O3+. The molecule has 0 aliphatic carbocycles. The van der Waals surface area contributed by atoms with Gasteiger partial charge in [-0.2, -0.15) is 4.98 Å². The Morgan fingerprint density at radius 1 is 1.26 bits per heavy atom. The lowest BCUT2D eigenvalue weighted by Crippen LogP contribution is -3.08. The maximum Gasteiger partial charge on any atom is 0.282 e. The van der Waals surface area contributed by atoms with Crippen molar-refractivity contribution in [3.8, 4) is 17.1 Å². The maximum atomic E-state index is 12.2. The second-order valence-electron chi connectivity index (χ2n) is 6.11. The van der Waals surface area contributed by atoms with Gasteiger partial charge in [-0.15, -0.1) is 0 Å². The van der Waals surface area contributed by atoms with Crippen LogP contribution in [0.15, 0.2) is 53.1 Å². The van der Waals surface area contributed by atoms with Gasteiger partial charge in [0, 0.05) is 22.3 Å². The molecule has 0 spiro atoms. The van der Waals surface area contributed by atoms with Gasteiger partial charge in [-0.05, 0) is 36.4 Å². The molecule has 3 aromatic rings. The van der Waals surface area contributed by atoms with E-state index in [1.165, 1.54) is 0 Å². The number of nitrogens with one attached hydrogen (secondary N) is 2. The summed E-state index contributed by atoms with van der Waals surface area (Å²) >= 11 is 5.88. The first kappa shape index (κ1) is 18.9. The molecule has 0 fully saturated rings. The number of quaternary nitrogens is 1. The molecule has 0 aliphatic rings. The van der Waals surface area contributed by atoms with Crippen LogP contribution in [0.25, 0.3) is 11.4 Å². The monoisotopic (exact) mass is 387 g/mol.